The van der Waals surface area contributed by atoms with Gasteiger partial charge in [0.25, 0.3) is 0 Å². The second kappa shape index (κ2) is 6.26. The summed E-state index contributed by atoms with van der Waals surface area (Å²) < 4.78 is 5.21. The van der Waals surface area contributed by atoms with E-state index in [9.17, 15) is 4.79 Å². The highest BCUT2D eigenvalue weighted by Gasteiger charge is 2.09. The number of alkyl halides is 1. The first kappa shape index (κ1) is 11.7. The smallest absolute Gasteiger partial charge is 0.237 e. The first-order valence-corrected chi connectivity index (χ1v) is 4.55. The molecule has 2 atom stereocenters. The van der Waals surface area contributed by atoms with Gasteiger partial charge >= 0.3 is 0 Å². The van der Waals surface area contributed by atoms with Crippen molar-refractivity contribution in [2.24, 2.45) is 0 Å². The van der Waals surface area contributed by atoms with Crippen LogP contribution in [0.4, 0.5) is 0 Å². The van der Waals surface area contributed by atoms with Crippen molar-refractivity contribution in [3.63, 3.8) is 0 Å². The fourth-order valence-corrected chi connectivity index (χ4v) is 0.806. The van der Waals surface area contributed by atoms with Gasteiger partial charge in [-0.3, -0.25) is 4.79 Å². The van der Waals surface area contributed by atoms with E-state index in [0.717, 1.165) is 0 Å². The highest BCUT2D eigenvalue weighted by Crippen LogP contribution is 1.93. The molecule has 1 N–H and O–H groups in total. The highest BCUT2D eigenvalue weighted by atomic mass is 35.5. The maximum absolute atomic E-state index is 11.0. The predicted molar refractivity (Wildman–Crippen MR) is 49.4 cm³/mol. The Morgan fingerprint density at radius 3 is 2.58 bits per heavy atom. The lowest BCUT2D eigenvalue weighted by Gasteiger charge is -2.12. The van der Waals surface area contributed by atoms with Gasteiger partial charge in [0.05, 0.1) is 6.10 Å². The van der Waals surface area contributed by atoms with Crippen molar-refractivity contribution in [1.29, 1.82) is 0 Å². The summed E-state index contributed by atoms with van der Waals surface area (Å²) in [5.74, 6) is -0.150. The molecule has 0 aromatic heterocycles. The Balaban J connectivity index is 3.47. The summed E-state index contributed by atoms with van der Waals surface area (Å²) in [6.07, 6.45) is 0.0503. The number of hydrogen-bond donors (Lipinski definition) is 1. The normalized spacial score (nSPS) is 15.3. The average molecular weight is 194 g/mol. The van der Waals surface area contributed by atoms with Gasteiger partial charge in [-0.2, -0.15) is 0 Å². The van der Waals surface area contributed by atoms with Crippen molar-refractivity contribution in [2.75, 3.05) is 13.2 Å². The van der Waals surface area contributed by atoms with Crippen molar-refractivity contribution in [3.8, 4) is 0 Å². The molecule has 0 aliphatic heterocycles. The van der Waals surface area contributed by atoms with Gasteiger partial charge in [0, 0.05) is 13.2 Å². The molecule has 0 spiro atoms. The van der Waals surface area contributed by atoms with E-state index in [4.69, 9.17) is 16.3 Å². The summed E-state index contributed by atoms with van der Waals surface area (Å²) >= 11 is 5.54. The Kier molecular flexibility index (Phi) is 6.11. The minimum absolute atomic E-state index is 0.0503. The molecule has 0 rings (SSSR count). The van der Waals surface area contributed by atoms with Crippen molar-refractivity contribution < 1.29 is 9.53 Å². The van der Waals surface area contributed by atoms with Crippen molar-refractivity contribution >= 4 is 17.5 Å². The van der Waals surface area contributed by atoms with Crippen LogP contribution in [0.2, 0.25) is 0 Å². The Labute approximate surface area is 78.4 Å². The topological polar surface area (TPSA) is 38.3 Å². The lowest BCUT2D eigenvalue weighted by molar-refractivity contribution is -0.121. The molecule has 12 heavy (non-hydrogen) atoms. The summed E-state index contributed by atoms with van der Waals surface area (Å²) in [5, 5.41) is 2.20. The number of carbonyl (C=O) groups is 1. The number of halogens is 1. The van der Waals surface area contributed by atoms with Crippen LogP contribution in [0.15, 0.2) is 0 Å². The van der Waals surface area contributed by atoms with Crippen LogP contribution in [0.25, 0.3) is 0 Å². The molecule has 0 aromatic rings. The van der Waals surface area contributed by atoms with Crippen LogP contribution < -0.4 is 5.32 Å². The van der Waals surface area contributed by atoms with Gasteiger partial charge in [-0.15, -0.1) is 11.6 Å². The van der Waals surface area contributed by atoms with Crippen LogP contribution >= 0.6 is 11.6 Å². The van der Waals surface area contributed by atoms with E-state index in [1.54, 1.807) is 6.92 Å². The second-order valence-electron chi connectivity index (χ2n) is 2.63. The Morgan fingerprint density at radius 1 is 1.58 bits per heavy atom. The predicted octanol–water partition coefficient (Wildman–Crippen LogP) is 1.15. The zero-order valence-corrected chi connectivity index (χ0v) is 8.52. The standard InChI is InChI=1S/C8H16ClNO2/c1-4-12-6(2)5-10-8(11)7(3)9/h6-7H,4-5H2,1-3H3,(H,10,11). The van der Waals surface area contributed by atoms with Crippen LogP contribution in [0.5, 0.6) is 0 Å². The molecule has 0 saturated heterocycles. The first-order chi connectivity index (χ1) is 5.57. The number of rotatable bonds is 5. The summed E-state index contributed by atoms with van der Waals surface area (Å²) in [6, 6.07) is 0. The van der Waals surface area contributed by atoms with Crippen molar-refractivity contribution in [1.82, 2.24) is 5.32 Å². The Bertz CT molecular complexity index is 139. The zero-order chi connectivity index (χ0) is 9.56. The highest BCUT2D eigenvalue weighted by molar-refractivity contribution is 6.30. The largest absolute Gasteiger partial charge is 0.377 e. The fourth-order valence-electron chi connectivity index (χ4n) is 0.728. The Morgan fingerprint density at radius 2 is 2.17 bits per heavy atom. The van der Waals surface area contributed by atoms with Gasteiger partial charge in [0.2, 0.25) is 5.91 Å². The molecule has 3 nitrogen and oxygen atoms in total. The lowest BCUT2D eigenvalue weighted by atomic mass is 10.3. The number of hydrogen-bond acceptors (Lipinski definition) is 2. The molecule has 0 aliphatic carbocycles. The average Bonchev–Trinajstić information content (AvgIpc) is 2.00. The maximum Gasteiger partial charge on any atom is 0.237 e. The summed E-state index contributed by atoms with van der Waals surface area (Å²) in [7, 11) is 0. The maximum atomic E-state index is 11.0. The van der Waals surface area contributed by atoms with E-state index in [2.05, 4.69) is 5.32 Å². The number of amides is 1. The third-order valence-electron chi connectivity index (χ3n) is 1.38. The van der Waals surface area contributed by atoms with E-state index >= 15 is 0 Å². The third kappa shape index (κ3) is 5.38. The van der Waals surface area contributed by atoms with E-state index in [-0.39, 0.29) is 12.0 Å². The third-order valence-corrected chi connectivity index (χ3v) is 1.57. The van der Waals surface area contributed by atoms with Gasteiger partial charge in [0.1, 0.15) is 5.38 Å². The van der Waals surface area contributed by atoms with Crippen LogP contribution in [-0.2, 0) is 9.53 Å². The summed E-state index contributed by atoms with van der Waals surface area (Å²) in [4.78, 5) is 11.0. The van der Waals surface area contributed by atoms with E-state index in [1.807, 2.05) is 13.8 Å². The monoisotopic (exact) mass is 193 g/mol. The van der Waals surface area contributed by atoms with Crippen molar-refractivity contribution in [3.05, 3.63) is 0 Å². The van der Waals surface area contributed by atoms with E-state index in [0.29, 0.717) is 13.2 Å². The van der Waals surface area contributed by atoms with Crippen LogP contribution in [0.3, 0.4) is 0 Å². The molecule has 0 aromatic carbocycles. The minimum Gasteiger partial charge on any atom is -0.377 e. The van der Waals surface area contributed by atoms with Crippen LogP contribution in [-0.4, -0.2) is 30.5 Å². The summed E-state index contributed by atoms with van der Waals surface area (Å²) in [5.41, 5.74) is 0. The first-order valence-electron chi connectivity index (χ1n) is 4.11. The molecule has 0 saturated carbocycles. The van der Waals surface area contributed by atoms with Gasteiger partial charge < -0.3 is 10.1 Å². The van der Waals surface area contributed by atoms with Gasteiger partial charge in [-0.25, -0.2) is 0 Å². The molecule has 0 aliphatic rings. The van der Waals surface area contributed by atoms with Gasteiger partial charge in [0.15, 0.2) is 0 Å². The molecular weight excluding hydrogens is 178 g/mol. The number of carbonyl (C=O) groups excluding carboxylic acids is 1. The quantitative estimate of drug-likeness (QED) is 0.666. The van der Waals surface area contributed by atoms with Crippen LogP contribution in [0.1, 0.15) is 20.8 Å². The van der Waals surface area contributed by atoms with Crippen LogP contribution in [0, 0.1) is 0 Å². The number of nitrogens with one attached hydrogen (secondary N) is 1. The molecular formula is C8H16ClNO2. The lowest BCUT2D eigenvalue weighted by Crippen LogP contribution is -2.35. The second-order valence-corrected chi connectivity index (χ2v) is 3.28. The fraction of sp³-hybridized carbons (Fsp3) is 0.875. The molecule has 2 unspecified atom stereocenters. The molecule has 0 bridgehead atoms. The minimum atomic E-state index is -0.473. The molecule has 0 fully saturated rings. The molecule has 0 heterocycles. The van der Waals surface area contributed by atoms with E-state index in [1.165, 1.54) is 0 Å². The molecule has 72 valence electrons. The zero-order valence-electron chi connectivity index (χ0n) is 7.76. The SMILES string of the molecule is CCOC(C)CNC(=O)C(C)Cl. The molecule has 4 heteroatoms. The molecule has 1 amide bonds. The van der Waals surface area contributed by atoms with Crippen molar-refractivity contribution in [2.45, 2.75) is 32.3 Å². The number of ether oxygens (including phenoxy) is 1. The Hall–Kier alpha value is -0.280. The molecule has 0 radical (unpaired) electrons. The van der Waals surface area contributed by atoms with Gasteiger partial charge in [-0.1, -0.05) is 0 Å². The summed E-state index contributed by atoms with van der Waals surface area (Å²) in [6.45, 7) is 6.64. The van der Waals surface area contributed by atoms with E-state index < -0.39 is 5.38 Å². The van der Waals surface area contributed by atoms with Gasteiger partial charge in [-0.05, 0) is 20.8 Å².